The summed E-state index contributed by atoms with van der Waals surface area (Å²) in [5.41, 5.74) is 2.52. The van der Waals surface area contributed by atoms with Crippen LogP contribution in [-0.4, -0.2) is 28.9 Å². The summed E-state index contributed by atoms with van der Waals surface area (Å²) < 4.78 is 0. The van der Waals surface area contributed by atoms with Crippen LogP contribution in [0.4, 0.5) is 0 Å². The largest absolute Gasteiger partial charge is 0.361 e. The highest BCUT2D eigenvalue weighted by Crippen LogP contribution is 2.36. The standard InChI is InChI=1S/C19H24N2O/c22-19-11-14-5-1-2-6-16(14)13-21(19)10-9-15-12-20-18-8-4-3-7-17(15)18/h3-4,7-8,12,14,16,20H,1-2,5-6,9-11,13H2/t14-,16-/m0/s1. The first-order valence-corrected chi connectivity index (χ1v) is 8.64. The van der Waals surface area contributed by atoms with Crippen molar-refractivity contribution in [1.29, 1.82) is 0 Å². The number of aromatic nitrogens is 1. The smallest absolute Gasteiger partial charge is 0.222 e. The average molecular weight is 296 g/mol. The lowest BCUT2D eigenvalue weighted by Crippen LogP contribution is -2.46. The van der Waals surface area contributed by atoms with E-state index in [-0.39, 0.29) is 0 Å². The van der Waals surface area contributed by atoms with E-state index in [0.717, 1.165) is 31.8 Å². The normalized spacial score (nSPS) is 25.5. The number of fused-ring (bicyclic) bond motifs is 2. The highest BCUT2D eigenvalue weighted by Gasteiger charge is 2.35. The number of H-pyrrole nitrogens is 1. The van der Waals surface area contributed by atoms with Crippen LogP contribution in [-0.2, 0) is 11.2 Å². The number of carbonyl (C=O) groups is 1. The molecular weight excluding hydrogens is 272 g/mol. The molecule has 1 N–H and O–H groups in total. The Morgan fingerprint density at radius 2 is 1.95 bits per heavy atom. The Labute approximate surface area is 131 Å². The van der Waals surface area contributed by atoms with E-state index in [1.807, 2.05) is 0 Å². The van der Waals surface area contributed by atoms with Crippen molar-refractivity contribution >= 4 is 16.8 Å². The van der Waals surface area contributed by atoms with E-state index < -0.39 is 0 Å². The molecule has 1 saturated heterocycles. The summed E-state index contributed by atoms with van der Waals surface area (Å²) >= 11 is 0. The molecule has 2 fully saturated rings. The van der Waals surface area contributed by atoms with E-state index >= 15 is 0 Å². The Kier molecular flexibility index (Phi) is 3.65. The van der Waals surface area contributed by atoms with Gasteiger partial charge in [0.25, 0.3) is 0 Å². The average Bonchev–Trinajstić information content (AvgIpc) is 2.96. The molecule has 0 bridgehead atoms. The number of likely N-dealkylation sites (tertiary alicyclic amines) is 1. The van der Waals surface area contributed by atoms with Crippen LogP contribution in [0.15, 0.2) is 30.5 Å². The third kappa shape index (κ3) is 2.53. The summed E-state index contributed by atoms with van der Waals surface area (Å²) in [5.74, 6) is 1.81. The predicted octanol–water partition coefficient (Wildman–Crippen LogP) is 3.75. The lowest BCUT2D eigenvalue weighted by Gasteiger charge is -2.41. The van der Waals surface area contributed by atoms with Crippen LogP contribution in [0.1, 0.15) is 37.7 Å². The summed E-state index contributed by atoms with van der Waals surface area (Å²) in [4.78, 5) is 17.8. The Balaban J connectivity index is 1.43. The molecule has 1 aliphatic carbocycles. The van der Waals surface area contributed by atoms with Gasteiger partial charge in [0.15, 0.2) is 0 Å². The second-order valence-electron chi connectivity index (χ2n) is 6.96. The number of hydrogen-bond donors (Lipinski definition) is 1. The zero-order valence-electron chi connectivity index (χ0n) is 13.1. The second-order valence-corrected chi connectivity index (χ2v) is 6.96. The number of carbonyl (C=O) groups excluding carboxylic acids is 1. The molecule has 2 heterocycles. The summed E-state index contributed by atoms with van der Waals surface area (Å²) in [6.45, 7) is 1.86. The first kappa shape index (κ1) is 13.9. The molecule has 1 aliphatic heterocycles. The summed E-state index contributed by atoms with van der Waals surface area (Å²) in [6.07, 6.45) is 9.11. The minimum absolute atomic E-state index is 0.378. The van der Waals surface area contributed by atoms with Gasteiger partial charge in [0.1, 0.15) is 0 Å². The van der Waals surface area contributed by atoms with Crippen molar-refractivity contribution < 1.29 is 4.79 Å². The van der Waals surface area contributed by atoms with E-state index in [1.54, 1.807) is 0 Å². The van der Waals surface area contributed by atoms with Gasteiger partial charge < -0.3 is 9.88 Å². The summed E-state index contributed by atoms with van der Waals surface area (Å²) in [5, 5.41) is 1.29. The van der Waals surface area contributed by atoms with Gasteiger partial charge in [-0.25, -0.2) is 0 Å². The van der Waals surface area contributed by atoms with Crippen molar-refractivity contribution in [2.45, 2.75) is 38.5 Å². The molecule has 0 radical (unpaired) electrons. The Bertz CT molecular complexity index is 675. The third-order valence-corrected chi connectivity index (χ3v) is 5.64. The van der Waals surface area contributed by atoms with Crippen molar-refractivity contribution in [2.75, 3.05) is 13.1 Å². The number of piperidine rings is 1. The molecule has 2 atom stereocenters. The van der Waals surface area contributed by atoms with Gasteiger partial charge in [-0.3, -0.25) is 4.79 Å². The van der Waals surface area contributed by atoms with E-state index in [1.165, 1.54) is 42.1 Å². The second kappa shape index (κ2) is 5.79. The molecule has 116 valence electrons. The molecule has 4 rings (SSSR count). The van der Waals surface area contributed by atoms with Crippen LogP contribution in [0, 0.1) is 11.8 Å². The summed E-state index contributed by atoms with van der Waals surface area (Å²) in [7, 11) is 0. The van der Waals surface area contributed by atoms with Crippen LogP contribution >= 0.6 is 0 Å². The van der Waals surface area contributed by atoms with Crippen LogP contribution in [0.5, 0.6) is 0 Å². The van der Waals surface area contributed by atoms with Gasteiger partial charge in [-0.1, -0.05) is 31.0 Å². The fraction of sp³-hybridized carbons (Fsp3) is 0.526. The maximum absolute atomic E-state index is 12.4. The lowest BCUT2D eigenvalue weighted by molar-refractivity contribution is -0.138. The topological polar surface area (TPSA) is 36.1 Å². The van der Waals surface area contributed by atoms with Crippen LogP contribution in [0.2, 0.25) is 0 Å². The van der Waals surface area contributed by atoms with E-state index in [2.05, 4.69) is 40.3 Å². The fourth-order valence-corrected chi connectivity index (χ4v) is 4.34. The van der Waals surface area contributed by atoms with Gasteiger partial charge in [0.05, 0.1) is 0 Å². The molecular formula is C19H24N2O. The van der Waals surface area contributed by atoms with Crippen molar-refractivity contribution in [1.82, 2.24) is 9.88 Å². The van der Waals surface area contributed by atoms with Gasteiger partial charge >= 0.3 is 0 Å². The van der Waals surface area contributed by atoms with Gasteiger partial charge in [0, 0.05) is 36.6 Å². The minimum Gasteiger partial charge on any atom is -0.361 e. The first-order chi connectivity index (χ1) is 10.8. The van der Waals surface area contributed by atoms with Crippen molar-refractivity contribution in [3.63, 3.8) is 0 Å². The van der Waals surface area contributed by atoms with Gasteiger partial charge in [-0.05, 0) is 42.7 Å². The Morgan fingerprint density at radius 1 is 1.14 bits per heavy atom. The maximum atomic E-state index is 12.4. The van der Waals surface area contributed by atoms with Crippen molar-refractivity contribution in [2.24, 2.45) is 11.8 Å². The minimum atomic E-state index is 0.378. The van der Waals surface area contributed by atoms with Crippen molar-refractivity contribution in [3.05, 3.63) is 36.0 Å². The number of nitrogens with one attached hydrogen (secondary N) is 1. The van der Waals surface area contributed by atoms with E-state index in [4.69, 9.17) is 0 Å². The monoisotopic (exact) mass is 296 g/mol. The van der Waals surface area contributed by atoms with E-state index in [0.29, 0.717) is 11.8 Å². The number of benzene rings is 1. The van der Waals surface area contributed by atoms with E-state index in [9.17, 15) is 4.79 Å². The molecule has 2 aliphatic rings. The highest BCUT2D eigenvalue weighted by molar-refractivity contribution is 5.83. The predicted molar refractivity (Wildman–Crippen MR) is 88.6 cm³/mol. The first-order valence-electron chi connectivity index (χ1n) is 8.64. The van der Waals surface area contributed by atoms with Gasteiger partial charge in [-0.2, -0.15) is 0 Å². The fourth-order valence-electron chi connectivity index (χ4n) is 4.34. The Morgan fingerprint density at radius 3 is 2.86 bits per heavy atom. The zero-order chi connectivity index (χ0) is 14.9. The maximum Gasteiger partial charge on any atom is 0.222 e. The molecule has 3 heteroatoms. The van der Waals surface area contributed by atoms with Gasteiger partial charge in [-0.15, -0.1) is 0 Å². The quantitative estimate of drug-likeness (QED) is 0.920. The number of para-hydroxylation sites is 1. The number of hydrogen-bond acceptors (Lipinski definition) is 1. The van der Waals surface area contributed by atoms with Gasteiger partial charge in [0.2, 0.25) is 5.91 Å². The molecule has 1 amide bonds. The molecule has 1 aromatic heterocycles. The number of aromatic amines is 1. The summed E-state index contributed by atoms with van der Waals surface area (Å²) in [6, 6.07) is 8.41. The third-order valence-electron chi connectivity index (χ3n) is 5.64. The molecule has 2 aromatic rings. The van der Waals surface area contributed by atoms with Crippen molar-refractivity contribution in [3.8, 4) is 0 Å². The molecule has 1 aromatic carbocycles. The molecule has 0 spiro atoms. The molecule has 3 nitrogen and oxygen atoms in total. The SMILES string of the molecule is O=C1C[C@@H]2CCCC[C@H]2CN1CCc1c[nH]c2ccccc12. The molecule has 1 saturated carbocycles. The number of rotatable bonds is 3. The highest BCUT2D eigenvalue weighted by atomic mass is 16.2. The zero-order valence-corrected chi connectivity index (χ0v) is 13.1. The van der Waals surface area contributed by atoms with Crippen LogP contribution < -0.4 is 0 Å². The molecule has 22 heavy (non-hydrogen) atoms. The Hall–Kier alpha value is -1.77. The number of nitrogens with zero attached hydrogens (tertiary/aromatic N) is 1. The number of amides is 1. The molecule has 0 unspecified atom stereocenters. The lowest BCUT2D eigenvalue weighted by atomic mass is 9.75. The van der Waals surface area contributed by atoms with Crippen LogP contribution in [0.3, 0.4) is 0 Å². The van der Waals surface area contributed by atoms with Crippen LogP contribution in [0.25, 0.3) is 10.9 Å².